The fourth-order valence-corrected chi connectivity index (χ4v) is 4.58. The molecule has 2 amide bonds. The van der Waals surface area contributed by atoms with Crippen molar-refractivity contribution >= 4 is 12.0 Å². The fourth-order valence-electron chi connectivity index (χ4n) is 4.58. The number of likely N-dealkylation sites (tertiary alicyclic amines) is 2. The largest absolute Gasteiger partial charge is 0.444 e. The molecule has 136 valence electrons. The second kappa shape index (κ2) is 6.93. The molecule has 2 saturated heterocycles. The molecular weight excluding hydrogens is 304 g/mol. The molecule has 3 fully saturated rings. The van der Waals surface area contributed by atoms with Crippen LogP contribution in [0, 0.1) is 5.92 Å². The van der Waals surface area contributed by atoms with E-state index in [1.165, 1.54) is 12.8 Å². The third kappa shape index (κ3) is 3.70. The molecule has 0 bridgehead atoms. The number of carbonyl (C=O) groups is 2. The first-order chi connectivity index (χ1) is 11.4. The second-order valence-corrected chi connectivity index (χ2v) is 8.64. The lowest BCUT2D eigenvalue weighted by atomic mass is 9.84. The second-order valence-electron chi connectivity index (χ2n) is 8.64. The maximum Gasteiger partial charge on any atom is 0.411 e. The number of piperidine rings is 1. The zero-order valence-electron chi connectivity index (χ0n) is 15.4. The standard InChI is InChI=1S/C19H32N2O3/c1-19(2,3)24-18(23)21-15-10-6-5-9-14(15)13-16(21)17(22)20-11-7-4-8-12-20/h14-16H,4-13H2,1-3H3. The molecule has 5 nitrogen and oxygen atoms in total. The van der Waals surface area contributed by atoms with Gasteiger partial charge < -0.3 is 9.64 Å². The number of nitrogens with zero attached hydrogens (tertiary/aromatic N) is 2. The molecule has 0 radical (unpaired) electrons. The zero-order chi connectivity index (χ0) is 17.3. The van der Waals surface area contributed by atoms with Gasteiger partial charge in [0, 0.05) is 19.1 Å². The Hall–Kier alpha value is -1.26. The van der Waals surface area contributed by atoms with E-state index in [0.29, 0.717) is 5.92 Å². The number of ether oxygens (including phenoxy) is 1. The highest BCUT2D eigenvalue weighted by Crippen LogP contribution is 2.41. The molecule has 24 heavy (non-hydrogen) atoms. The molecule has 0 aromatic heterocycles. The van der Waals surface area contributed by atoms with Gasteiger partial charge in [0.2, 0.25) is 5.91 Å². The number of amides is 2. The average Bonchev–Trinajstić information content (AvgIpc) is 2.93. The topological polar surface area (TPSA) is 49.9 Å². The van der Waals surface area contributed by atoms with Crippen molar-refractivity contribution in [3.05, 3.63) is 0 Å². The van der Waals surface area contributed by atoms with Crippen LogP contribution in [0.3, 0.4) is 0 Å². The molecule has 2 aliphatic heterocycles. The SMILES string of the molecule is CC(C)(C)OC(=O)N1C(C(=O)N2CCCCC2)CC2CCCCC21. The van der Waals surface area contributed by atoms with E-state index in [-0.39, 0.29) is 24.1 Å². The van der Waals surface area contributed by atoms with Gasteiger partial charge in [-0.1, -0.05) is 12.8 Å². The third-order valence-corrected chi connectivity index (χ3v) is 5.65. The summed E-state index contributed by atoms with van der Waals surface area (Å²) in [5.41, 5.74) is -0.525. The van der Waals surface area contributed by atoms with Crippen molar-refractivity contribution in [3.8, 4) is 0 Å². The minimum absolute atomic E-state index is 0.148. The Kier molecular flexibility index (Phi) is 5.07. The maximum atomic E-state index is 13.1. The Morgan fingerprint density at radius 2 is 1.62 bits per heavy atom. The summed E-state index contributed by atoms with van der Waals surface area (Å²) in [4.78, 5) is 29.7. The van der Waals surface area contributed by atoms with Gasteiger partial charge in [-0.3, -0.25) is 9.69 Å². The van der Waals surface area contributed by atoms with Gasteiger partial charge in [-0.25, -0.2) is 4.79 Å². The molecule has 3 unspecified atom stereocenters. The van der Waals surface area contributed by atoms with Crippen LogP contribution in [0.5, 0.6) is 0 Å². The summed E-state index contributed by atoms with van der Waals surface area (Å²) in [6.45, 7) is 7.35. The van der Waals surface area contributed by atoms with Crippen LogP contribution in [0.4, 0.5) is 4.79 Å². The van der Waals surface area contributed by atoms with Gasteiger partial charge in [0.25, 0.3) is 0 Å². The number of rotatable bonds is 1. The Labute approximate surface area is 145 Å². The van der Waals surface area contributed by atoms with Crippen molar-refractivity contribution in [2.75, 3.05) is 13.1 Å². The van der Waals surface area contributed by atoms with Gasteiger partial charge >= 0.3 is 6.09 Å². The molecule has 3 aliphatic rings. The maximum absolute atomic E-state index is 13.1. The molecule has 1 aliphatic carbocycles. The Morgan fingerprint density at radius 1 is 0.958 bits per heavy atom. The summed E-state index contributed by atoms with van der Waals surface area (Å²) in [6, 6.07) is -0.126. The predicted octanol–water partition coefficient (Wildman–Crippen LogP) is 3.57. The highest BCUT2D eigenvalue weighted by atomic mass is 16.6. The molecule has 0 aromatic carbocycles. The van der Waals surface area contributed by atoms with Gasteiger partial charge in [-0.05, 0) is 65.2 Å². The van der Waals surface area contributed by atoms with Crippen LogP contribution in [0.1, 0.15) is 72.1 Å². The quantitative estimate of drug-likeness (QED) is 0.735. The van der Waals surface area contributed by atoms with Crippen molar-refractivity contribution in [3.63, 3.8) is 0 Å². The average molecular weight is 336 g/mol. The molecule has 3 atom stereocenters. The van der Waals surface area contributed by atoms with E-state index >= 15 is 0 Å². The van der Waals surface area contributed by atoms with E-state index < -0.39 is 5.60 Å². The monoisotopic (exact) mass is 336 g/mol. The van der Waals surface area contributed by atoms with Crippen molar-refractivity contribution < 1.29 is 14.3 Å². The number of hydrogen-bond donors (Lipinski definition) is 0. The molecule has 0 spiro atoms. The normalized spacial score (nSPS) is 30.9. The van der Waals surface area contributed by atoms with E-state index in [1.807, 2.05) is 30.6 Å². The lowest BCUT2D eigenvalue weighted by molar-refractivity contribution is -0.137. The molecule has 3 rings (SSSR count). The summed E-state index contributed by atoms with van der Waals surface area (Å²) < 4.78 is 5.65. The molecule has 1 saturated carbocycles. The van der Waals surface area contributed by atoms with Crippen LogP contribution in [0.25, 0.3) is 0 Å². The minimum Gasteiger partial charge on any atom is -0.444 e. The Morgan fingerprint density at radius 3 is 2.29 bits per heavy atom. The van der Waals surface area contributed by atoms with Crippen LogP contribution >= 0.6 is 0 Å². The zero-order valence-corrected chi connectivity index (χ0v) is 15.4. The number of hydrogen-bond acceptors (Lipinski definition) is 3. The van der Waals surface area contributed by atoms with Crippen molar-refractivity contribution in [1.29, 1.82) is 0 Å². The summed E-state index contributed by atoms with van der Waals surface area (Å²) in [7, 11) is 0. The highest BCUT2D eigenvalue weighted by molar-refractivity contribution is 5.86. The molecule has 0 aromatic rings. The fraction of sp³-hybridized carbons (Fsp3) is 0.895. The van der Waals surface area contributed by atoms with E-state index in [0.717, 1.165) is 51.6 Å². The van der Waals surface area contributed by atoms with Crippen LogP contribution in [0.15, 0.2) is 0 Å². The van der Waals surface area contributed by atoms with Gasteiger partial charge in [-0.15, -0.1) is 0 Å². The van der Waals surface area contributed by atoms with E-state index in [9.17, 15) is 9.59 Å². The molecule has 2 heterocycles. The molecule has 5 heteroatoms. The predicted molar refractivity (Wildman–Crippen MR) is 92.7 cm³/mol. The van der Waals surface area contributed by atoms with E-state index in [1.54, 1.807) is 0 Å². The number of fused-ring (bicyclic) bond motifs is 1. The van der Waals surface area contributed by atoms with Crippen molar-refractivity contribution in [1.82, 2.24) is 9.80 Å². The van der Waals surface area contributed by atoms with E-state index in [4.69, 9.17) is 4.74 Å². The first-order valence-electron chi connectivity index (χ1n) is 9.67. The van der Waals surface area contributed by atoms with Crippen LogP contribution in [-0.2, 0) is 9.53 Å². The van der Waals surface area contributed by atoms with Gasteiger partial charge in [0.15, 0.2) is 0 Å². The van der Waals surface area contributed by atoms with Gasteiger partial charge in [0.05, 0.1) is 0 Å². The number of carbonyl (C=O) groups excluding carboxylic acids is 2. The summed E-state index contributed by atoms with van der Waals surface area (Å²) in [5, 5.41) is 0. The smallest absolute Gasteiger partial charge is 0.411 e. The first-order valence-corrected chi connectivity index (χ1v) is 9.67. The molecular formula is C19H32N2O3. The van der Waals surface area contributed by atoms with Gasteiger partial charge in [0.1, 0.15) is 11.6 Å². The summed E-state index contributed by atoms with van der Waals surface area (Å²) >= 11 is 0. The summed E-state index contributed by atoms with van der Waals surface area (Å²) in [5.74, 6) is 0.611. The lowest BCUT2D eigenvalue weighted by Crippen LogP contribution is -2.52. The first kappa shape index (κ1) is 17.6. The van der Waals surface area contributed by atoms with Crippen LogP contribution in [-0.4, -0.2) is 52.6 Å². The van der Waals surface area contributed by atoms with Crippen molar-refractivity contribution in [2.24, 2.45) is 5.92 Å². The Balaban J connectivity index is 1.79. The molecule has 0 N–H and O–H groups in total. The van der Waals surface area contributed by atoms with Crippen molar-refractivity contribution in [2.45, 2.75) is 89.8 Å². The lowest BCUT2D eigenvalue weighted by Gasteiger charge is -2.36. The van der Waals surface area contributed by atoms with Gasteiger partial charge in [-0.2, -0.15) is 0 Å². The highest BCUT2D eigenvalue weighted by Gasteiger charge is 2.49. The third-order valence-electron chi connectivity index (χ3n) is 5.65. The van der Waals surface area contributed by atoms with Crippen LogP contribution in [0.2, 0.25) is 0 Å². The summed E-state index contributed by atoms with van der Waals surface area (Å²) in [6.07, 6.45) is 8.39. The Bertz CT molecular complexity index is 479. The van der Waals surface area contributed by atoms with Crippen LogP contribution < -0.4 is 0 Å². The van der Waals surface area contributed by atoms with E-state index in [2.05, 4.69) is 0 Å². The minimum atomic E-state index is -0.525.